The summed E-state index contributed by atoms with van der Waals surface area (Å²) in [5, 5.41) is 0. The van der Waals surface area contributed by atoms with Gasteiger partial charge < -0.3 is 0 Å². The minimum absolute atomic E-state index is 0.839. The van der Waals surface area contributed by atoms with Crippen molar-refractivity contribution in [2.24, 2.45) is 5.92 Å². The molecule has 0 heteroatoms. The zero-order valence-electron chi connectivity index (χ0n) is 10.4. The molecular weight excluding hydrogens is 192 g/mol. The predicted octanol–water partition coefficient (Wildman–Crippen LogP) is 4.77. The fourth-order valence-electron chi connectivity index (χ4n) is 2.66. The molecule has 0 aromatic heterocycles. The largest absolute Gasteiger partial charge is 0.0651 e. The van der Waals surface area contributed by atoms with Crippen LogP contribution in [0.2, 0.25) is 0 Å². The van der Waals surface area contributed by atoms with Crippen LogP contribution in [0.15, 0.2) is 24.3 Å². The summed E-state index contributed by atoms with van der Waals surface area (Å²) >= 11 is 0. The Balaban J connectivity index is 1.88. The average Bonchev–Trinajstić information content (AvgIpc) is 2.33. The molecular formula is C16H23. The van der Waals surface area contributed by atoms with Crippen molar-refractivity contribution in [3.05, 3.63) is 41.8 Å². The topological polar surface area (TPSA) is 0 Å². The van der Waals surface area contributed by atoms with Gasteiger partial charge in [0.1, 0.15) is 0 Å². The van der Waals surface area contributed by atoms with Crippen LogP contribution in [0, 0.1) is 12.3 Å². The van der Waals surface area contributed by atoms with E-state index in [-0.39, 0.29) is 0 Å². The van der Waals surface area contributed by atoms with Crippen LogP contribution in [0.4, 0.5) is 0 Å². The Kier molecular flexibility index (Phi) is 4.44. The van der Waals surface area contributed by atoms with Crippen molar-refractivity contribution in [1.82, 2.24) is 0 Å². The fraction of sp³-hybridized carbons (Fsp3) is 0.562. The molecule has 1 aliphatic rings. The second-order valence-electron chi connectivity index (χ2n) is 5.06. The smallest absolute Gasteiger partial charge is 0.00621 e. The van der Waals surface area contributed by atoms with Crippen molar-refractivity contribution < 1.29 is 0 Å². The van der Waals surface area contributed by atoms with Gasteiger partial charge in [0.15, 0.2) is 0 Å². The van der Waals surface area contributed by atoms with Gasteiger partial charge in [0, 0.05) is 0 Å². The van der Waals surface area contributed by atoms with E-state index in [4.69, 9.17) is 0 Å². The standard InChI is InChI=1S/C16H23/c1-2-6-14-9-11-16(12-10-14)13-15-7-4-3-5-8-15/h9-13,15H,2-8H2,1H3. The SMILES string of the molecule is CCCc1ccc([CH]C2CCCCC2)cc1. The minimum atomic E-state index is 0.839. The van der Waals surface area contributed by atoms with E-state index in [1.807, 2.05) is 0 Å². The fourth-order valence-corrected chi connectivity index (χ4v) is 2.66. The summed E-state index contributed by atoms with van der Waals surface area (Å²) in [6.07, 6.45) is 12.0. The van der Waals surface area contributed by atoms with Gasteiger partial charge in [0.2, 0.25) is 0 Å². The lowest BCUT2D eigenvalue weighted by atomic mass is 9.85. The van der Waals surface area contributed by atoms with Crippen LogP contribution in [0.1, 0.15) is 56.6 Å². The number of hydrogen-bond acceptors (Lipinski definition) is 0. The van der Waals surface area contributed by atoms with E-state index in [1.54, 1.807) is 0 Å². The molecule has 1 fully saturated rings. The molecule has 0 amide bonds. The van der Waals surface area contributed by atoms with Crippen molar-refractivity contribution in [1.29, 1.82) is 0 Å². The van der Waals surface area contributed by atoms with Gasteiger partial charge in [-0.1, -0.05) is 56.9 Å². The molecule has 0 aliphatic heterocycles. The first-order valence-corrected chi connectivity index (χ1v) is 6.82. The molecule has 0 unspecified atom stereocenters. The van der Waals surface area contributed by atoms with Gasteiger partial charge in [-0.25, -0.2) is 0 Å². The highest BCUT2D eigenvalue weighted by molar-refractivity contribution is 5.28. The Hall–Kier alpha value is -0.780. The molecule has 1 aliphatic carbocycles. The molecule has 2 rings (SSSR count). The van der Waals surface area contributed by atoms with Gasteiger partial charge >= 0.3 is 0 Å². The third-order valence-electron chi connectivity index (χ3n) is 3.60. The van der Waals surface area contributed by atoms with Gasteiger partial charge in [-0.05, 0) is 42.7 Å². The van der Waals surface area contributed by atoms with E-state index < -0.39 is 0 Å². The Morgan fingerprint density at radius 3 is 2.38 bits per heavy atom. The summed E-state index contributed by atoms with van der Waals surface area (Å²) in [5.41, 5.74) is 2.90. The van der Waals surface area contributed by atoms with E-state index in [2.05, 4.69) is 37.6 Å². The van der Waals surface area contributed by atoms with E-state index in [0.29, 0.717) is 0 Å². The van der Waals surface area contributed by atoms with Crippen LogP contribution in [-0.2, 0) is 6.42 Å². The number of hydrogen-bond donors (Lipinski definition) is 0. The second-order valence-corrected chi connectivity index (χ2v) is 5.06. The van der Waals surface area contributed by atoms with Gasteiger partial charge in [-0.15, -0.1) is 0 Å². The quantitative estimate of drug-likeness (QED) is 0.678. The van der Waals surface area contributed by atoms with E-state index in [9.17, 15) is 0 Å². The summed E-state index contributed by atoms with van der Waals surface area (Å²) < 4.78 is 0. The maximum Gasteiger partial charge on any atom is -0.00621 e. The summed E-state index contributed by atoms with van der Waals surface area (Å²) in [7, 11) is 0. The molecule has 0 saturated heterocycles. The summed E-state index contributed by atoms with van der Waals surface area (Å²) in [6.45, 7) is 2.24. The second kappa shape index (κ2) is 6.08. The molecule has 16 heavy (non-hydrogen) atoms. The van der Waals surface area contributed by atoms with Crippen LogP contribution in [-0.4, -0.2) is 0 Å². The molecule has 0 spiro atoms. The maximum atomic E-state index is 2.48. The van der Waals surface area contributed by atoms with E-state index in [1.165, 1.54) is 56.1 Å². The van der Waals surface area contributed by atoms with Crippen molar-refractivity contribution in [3.8, 4) is 0 Å². The van der Waals surface area contributed by atoms with Gasteiger partial charge in [-0.3, -0.25) is 0 Å². The van der Waals surface area contributed by atoms with Crippen LogP contribution in [0.3, 0.4) is 0 Å². The molecule has 1 radical (unpaired) electrons. The lowest BCUT2D eigenvalue weighted by Crippen LogP contribution is -2.07. The lowest BCUT2D eigenvalue weighted by molar-refractivity contribution is 0.403. The highest BCUT2D eigenvalue weighted by Gasteiger charge is 2.13. The van der Waals surface area contributed by atoms with Crippen LogP contribution in [0.5, 0.6) is 0 Å². The van der Waals surface area contributed by atoms with Gasteiger partial charge in [-0.2, -0.15) is 0 Å². The Morgan fingerprint density at radius 1 is 1.06 bits per heavy atom. The molecule has 0 N–H and O–H groups in total. The monoisotopic (exact) mass is 215 g/mol. The van der Waals surface area contributed by atoms with Crippen molar-refractivity contribution >= 4 is 0 Å². The molecule has 0 nitrogen and oxygen atoms in total. The molecule has 1 aromatic rings. The highest BCUT2D eigenvalue weighted by atomic mass is 14.2. The first-order valence-electron chi connectivity index (χ1n) is 6.82. The Bertz CT molecular complexity index is 290. The lowest BCUT2D eigenvalue weighted by Gasteiger charge is -2.21. The Labute approximate surface area is 100 Å². The normalized spacial score (nSPS) is 17.6. The molecule has 1 saturated carbocycles. The number of benzene rings is 1. The highest BCUT2D eigenvalue weighted by Crippen LogP contribution is 2.28. The van der Waals surface area contributed by atoms with Crippen LogP contribution < -0.4 is 0 Å². The van der Waals surface area contributed by atoms with E-state index in [0.717, 1.165) is 5.92 Å². The third kappa shape index (κ3) is 3.37. The van der Waals surface area contributed by atoms with Gasteiger partial charge in [0.05, 0.1) is 0 Å². The van der Waals surface area contributed by atoms with Gasteiger partial charge in [0.25, 0.3) is 0 Å². The molecule has 0 bridgehead atoms. The molecule has 0 heterocycles. The van der Waals surface area contributed by atoms with Crippen LogP contribution in [0.25, 0.3) is 0 Å². The Morgan fingerprint density at radius 2 is 1.75 bits per heavy atom. The predicted molar refractivity (Wildman–Crippen MR) is 70.4 cm³/mol. The number of rotatable bonds is 4. The first kappa shape index (κ1) is 11.7. The zero-order chi connectivity index (χ0) is 11.2. The molecule has 0 atom stereocenters. The summed E-state index contributed by atoms with van der Waals surface area (Å²) in [4.78, 5) is 0. The number of aryl methyl sites for hydroxylation is 1. The zero-order valence-corrected chi connectivity index (χ0v) is 10.4. The minimum Gasteiger partial charge on any atom is -0.0651 e. The van der Waals surface area contributed by atoms with Crippen molar-refractivity contribution in [2.75, 3.05) is 0 Å². The summed E-state index contributed by atoms with van der Waals surface area (Å²) in [6, 6.07) is 9.16. The average molecular weight is 215 g/mol. The van der Waals surface area contributed by atoms with Crippen molar-refractivity contribution in [3.63, 3.8) is 0 Å². The van der Waals surface area contributed by atoms with E-state index >= 15 is 0 Å². The molecule has 87 valence electrons. The first-order chi connectivity index (χ1) is 7.88. The van der Waals surface area contributed by atoms with Crippen LogP contribution >= 0.6 is 0 Å². The summed E-state index contributed by atoms with van der Waals surface area (Å²) in [5.74, 6) is 0.839. The third-order valence-corrected chi connectivity index (χ3v) is 3.60. The maximum absolute atomic E-state index is 2.48. The van der Waals surface area contributed by atoms with Crippen molar-refractivity contribution in [2.45, 2.75) is 51.9 Å². The molecule has 1 aromatic carbocycles.